The Morgan fingerprint density at radius 3 is 2.59 bits per heavy atom. The molecule has 1 aromatic carbocycles. The van der Waals surface area contributed by atoms with Crippen LogP contribution in [0.3, 0.4) is 0 Å². The van der Waals surface area contributed by atoms with Crippen LogP contribution in [0.15, 0.2) is 30.6 Å². The molecule has 0 bridgehead atoms. The van der Waals surface area contributed by atoms with Gasteiger partial charge < -0.3 is 10.6 Å². The predicted octanol–water partition coefficient (Wildman–Crippen LogP) is 0.164. The van der Waals surface area contributed by atoms with Crippen LogP contribution in [0.1, 0.15) is 24.2 Å². The number of carbonyl (C=O) groups excluding carboxylic acids is 2. The number of amides is 2. The van der Waals surface area contributed by atoms with Crippen molar-refractivity contribution in [2.75, 3.05) is 13.1 Å². The van der Waals surface area contributed by atoms with Gasteiger partial charge in [0.05, 0.1) is 11.3 Å². The summed E-state index contributed by atoms with van der Waals surface area (Å²) in [6.07, 6.45) is 1.43. The third-order valence-corrected chi connectivity index (χ3v) is 2.98. The lowest BCUT2D eigenvalue weighted by Crippen LogP contribution is -2.36. The van der Waals surface area contributed by atoms with E-state index in [-0.39, 0.29) is 17.7 Å². The first-order chi connectivity index (χ1) is 10.6. The molecule has 0 aliphatic rings. The number of carbonyl (C=O) groups is 2. The second-order valence-corrected chi connectivity index (χ2v) is 4.97. The average Bonchev–Trinajstić information content (AvgIpc) is 3.05. The number of rotatable bonds is 6. The molecular formula is C14H18N6O2. The van der Waals surface area contributed by atoms with E-state index in [1.54, 1.807) is 24.3 Å². The third kappa shape index (κ3) is 3.87. The van der Waals surface area contributed by atoms with Gasteiger partial charge in [-0.15, -0.1) is 5.10 Å². The Bertz CT molecular complexity index is 639. The van der Waals surface area contributed by atoms with E-state index >= 15 is 0 Å². The van der Waals surface area contributed by atoms with Crippen molar-refractivity contribution in [1.29, 1.82) is 0 Å². The lowest BCUT2D eigenvalue weighted by molar-refractivity contribution is -0.123. The SMILES string of the molecule is CC(C)C(=O)NCCNC(=O)c1ccccc1-n1cnnn1. The molecule has 0 saturated heterocycles. The Morgan fingerprint density at radius 1 is 1.18 bits per heavy atom. The topological polar surface area (TPSA) is 102 Å². The van der Waals surface area contributed by atoms with Gasteiger partial charge in [0.1, 0.15) is 6.33 Å². The highest BCUT2D eigenvalue weighted by Gasteiger charge is 2.13. The van der Waals surface area contributed by atoms with Gasteiger partial charge in [-0.3, -0.25) is 9.59 Å². The number of aromatic nitrogens is 4. The van der Waals surface area contributed by atoms with Crippen LogP contribution in [-0.2, 0) is 4.79 Å². The highest BCUT2D eigenvalue weighted by molar-refractivity contribution is 5.97. The Hall–Kier alpha value is -2.77. The van der Waals surface area contributed by atoms with Gasteiger partial charge in [0.25, 0.3) is 5.91 Å². The molecule has 0 aliphatic heterocycles. The fourth-order valence-electron chi connectivity index (χ4n) is 1.80. The van der Waals surface area contributed by atoms with Crippen LogP contribution in [-0.4, -0.2) is 45.1 Å². The molecule has 0 fully saturated rings. The number of nitrogens with one attached hydrogen (secondary N) is 2. The van der Waals surface area contributed by atoms with Gasteiger partial charge in [-0.05, 0) is 22.6 Å². The van der Waals surface area contributed by atoms with Crippen molar-refractivity contribution in [2.24, 2.45) is 5.92 Å². The van der Waals surface area contributed by atoms with E-state index in [1.165, 1.54) is 11.0 Å². The van der Waals surface area contributed by atoms with E-state index in [0.29, 0.717) is 24.3 Å². The molecule has 2 amide bonds. The summed E-state index contributed by atoms with van der Waals surface area (Å²) in [7, 11) is 0. The van der Waals surface area contributed by atoms with Crippen molar-refractivity contribution >= 4 is 11.8 Å². The van der Waals surface area contributed by atoms with Crippen molar-refractivity contribution in [3.8, 4) is 5.69 Å². The van der Waals surface area contributed by atoms with Gasteiger partial charge in [-0.2, -0.15) is 4.68 Å². The fraction of sp³-hybridized carbons (Fsp3) is 0.357. The fourth-order valence-corrected chi connectivity index (χ4v) is 1.80. The van der Waals surface area contributed by atoms with Crippen LogP contribution in [0.25, 0.3) is 5.69 Å². The van der Waals surface area contributed by atoms with Crippen molar-refractivity contribution in [3.63, 3.8) is 0 Å². The van der Waals surface area contributed by atoms with E-state index < -0.39 is 0 Å². The quantitative estimate of drug-likeness (QED) is 0.740. The predicted molar refractivity (Wildman–Crippen MR) is 79.3 cm³/mol. The van der Waals surface area contributed by atoms with Crippen molar-refractivity contribution in [3.05, 3.63) is 36.2 Å². The molecule has 0 spiro atoms. The van der Waals surface area contributed by atoms with Crippen LogP contribution in [0.2, 0.25) is 0 Å². The highest BCUT2D eigenvalue weighted by atomic mass is 16.2. The number of benzene rings is 1. The Labute approximate surface area is 127 Å². The number of para-hydroxylation sites is 1. The largest absolute Gasteiger partial charge is 0.354 e. The molecule has 22 heavy (non-hydrogen) atoms. The molecule has 116 valence electrons. The van der Waals surface area contributed by atoms with Gasteiger partial charge in [0, 0.05) is 19.0 Å². The lowest BCUT2D eigenvalue weighted by Gasteiger charge is -2.10. The van der Waals surface area contributed by atoms with E-state index in [9.17, 15) is 9.59 Å². The minimum absolute atomic E-state index is 0.0386. The molecule has 1 aromatic heterocycles. The maximum absolute atomic E-state index is 12.2. The second kappa shape index (κ2) is 7.30. The first kappa shape index (κ1) is 15.6. The van der Waals surface area contributed by atoms with E-state index in [4.69, 9.17) is 0 Å². The van der Waals surface area contributed by atoms with Crippen molar-refractivity contribution < 1.29 is 9.59 Å². The highest BCUT2D eigenvalue weighted by Crippen LogP contribution is 2.12. The summed E-state index contributed by atoms with van der Waals surface area (Å²) >= 11 is 0. The maximum Gasteiger partial charge on any atom is 0.253 e. The van der Waals surface area contributed by atoms with E-state index in [1.807, 2.05) is 13.8 Å². The molecule has 0 saturated carbocycles. The molecule has 2 aromatic rings. The zero-order valence-corrected chi connectivity index (χ0v) is 12.5. The number of hydrogen-bond donors (Lipinski definition) is 2. The summed E-state index contributed by atoms with van der Waals surface area (Å²) in [6, 6.07) is 7.02. The summed E-state index contributed by atoms with van der Waals surface area (Å²) in [6.45, 7) is 4.36. The van der Waals surface area contributed by atoms with Crippen LogP contribution in [0.5, 0.6) is 0 Å². The van der Waals surface area contributed by atoms with Gasteiger partial charge in [-0.1, -0.05) is 26.0 Å². The standard InChI is InChI=1S/C14H18N6O2/c1-10(2)13(21)15-7-8-16-14(22)11-5-3-4-6-12(11)20-9-17-18-19-20/h3-6,9-10H,7-8H2,1-2H3,(H,15,21)(H,16,22). The molecule has 2 rings (SSSR count). The zero-order valence-electron chi connectivity index (χ0n) is 12.5. The smallest absolute Gasteiger partial charge is 0.253 e. The monoisotopic (exact) mass is 302 g/mol. The Balaban J connectivity index is 1.95. The van der Waals surface area contributed by atoms with Crippen LogP contribution < -0.4 is 10.6 Å². The molecule has 2 N–H and O–H groups in total. The normalized spacial score (nSPS) is 10.5. The summed E-state index contributed by atoms with van der Waals surface area (Å²) in [5.74, 6) is -0.357. The van der Waals surface area contributed by atoms with Crippen LogP contribution in [0.4, 0.5) is 0 Å². The van der Waals surface area contributed by atoms with Crippen molar-refractivity contribution in [2.45, 2.75) is 13.8 Å². The number of nitrogens with zero attached hydrogens (tertiary/aromatic N) is 4. The first-order valence-electron chi connectivity index (χ1n) is 6.98. The van der Waals surface area contributed by atoms with E-state index in [2.05, 4.69) is 26.2 Å². The van der Waals surface area contributed by atoms with Crippen LogP contribution in [0, 0.1) is 5.92 Å². The third-order valence-electron chi connectivity index (χ3n) is 2.98. The maximum atomic E-state index is 12.2. The van der Waals surface area contributed by atoms with Gasteiger partial charge in [0.2, 0.25) is 5.91 Å². The zero-order chi connectivity index (χ0) is 15.9. The Kier molecular flexibility index (Phi) is 5.18. The minimum atomic E-state index is -0.245. The lowest BCUT2D eigenvalue weighted by atomic mass is 10.1. The Morgan fingerprint density at radius 2 is 1.91 bits per heavy atom. The van der Waals surface area contributed by atoms with Crippen molar-refractivity contribution in [1.82, 2.24) is 30.8 Å². The molecular weight excluding hydrogens is 284 g/mol. The molecule has 0 atom stereocenters. The minimum Gasteiger partial charge on any atom is -0.354 e. The summed E-state index contributed by atoms with van der Waals surface area (Å²) in [4.78, 5) is 23.7. The van der Waals surface area contributed by atoms with E-state index in [0.717, 1.165) is 0 Å². The van der Waals surface area contributed by atoms with Gasteiger partial charge in [-0.25, -0.2) is 0 Å². The molecule has 0 unspecified atom stereocenters. The summed E-state index contributed by atoms with van der Waals surface area (Å²) in [5.41, 5.74) is 1.06. The van der Waals surface area contributed by atoms with Crippen LogP contribution >= 0.6 is 0 Å². The molecule has 0 radical (unpaired) electrons. The average molecular weight is 302 g/mol. The van der Waals surface area contributed by atoms with Gasteiger partial charge >= 0.3 is 0 Å². The molecule has 1 heterocycles. The van der Waals surface area contributed by atoms with Gasteiger partial charge in [0.15, 0.2) is 0 Å². The number of tetrazole rings is 1. The molecule has 8 nitrogen and oxygen atoms in total. The number of hydrogen-bond acceptors (Lipinski definition) is 5. The summed E-state index contributed by atoms with van der Waals surface area (Å²) in [5, 5.41) is 16.4. The summed E-state index contributed by atoms with van der Waals surface area (Å²) < 4.78 is 1.43. The molecule has 0 aliphatic carbocycles. The first-order valence-corrected chi connectivity index (χ1v) is 6.98. The second-order valence-electron chi connectivity index (χ2n) is 4.97. The molecule has 8 heteroatoms.